The molecule has 2 heterocycles. The number of carbonyl (C=O) groups is 1. The fourth-order valence-electron chi connectivity index (χ4n) is 11.1. The molecule has 0 radical (unpaired) electrons. The largest absolute Gasteiger partial charge is 0.393 e. The van der Waals surface area contributed by atoms with E-state index in [1.807, 2.05) is 47.8 Å². The van der Waals surface area contributed by atoms with Crippen LogP contribution in [0.2, 0.25) is 0 Å². The third kappa shape index (κ3) is 4.50. The lowest BCUT2D eigenvalue weighted by Crippen LogP contribution is -2.67. The molecule has 6 aliphatic rings. The van der Waals surface area contributed by atoms with Gasteiger partial charge in [0.15, 0.2) is 5.78 Å². The highest BCUT2D eigenvalue weighted by molar-refractivity contribution is 7.91. The van der Waals surface area contributed by atoms with Crippen LogP contribution in [0.5, 0.6) is 0 Å². The Hall–Kier alpha value is -2.40. The fourth-order valence-corrected chi connectivity index (χ4v) is 14.5. The first-order valence-corrected chi connectivity index (χ1v) is 20.6. The summed E-state index contributed by atoms with van der Waals surface area (Å²) in [6.07, 6.45) is 12.1. The Balaban J connectivity index is 1.21. The molecule has 254 valence electrons. The molecule has 2 spiro atoms. The van der Waals surface area contributed by atoms with Gasteiger partial charge in [0.2, 0.25) is 0 Å². The molecule has 48 heavy (non-hydrogen) atoms. The number of hydrogen-bond donors (Lipinski definition) is 2. The molecule has 1 unspecified atom stereocenters. The van der Waals surface area contributed by atoms with Crippen molar-refractivity contribution in [2.24, 2.45) is 33.5 Å². The second kappa shape index (κ2) is 11.3. The molecule has 2 aromatic heterocycles. The standard InChI is InChI=1S/C39H45NO5S3/c1-35-16-12-28(41)24-37(35)19-20-39(30(25-37)34(42)27-8-4-3-5-9-27)31(35)13-17-36(2)32(39)14-18-38(36,43)26-40(21-15-29-10-6-22-46-29)48(44,45)33-11-7-23-47-33/h3-11,19-20,22-23,25,28,31-32,41,43H,12-18,21,24,26H2,1-2H3/t28?,31-,32-,35-,36+,37+,38-,39-/m1/s1. The highest BCUT2D eigenvalue weighted by Crippen LogP contribution is 2.78. The third-order valence-electron chi connectivity index (χ3n) is 13.7. The molecule has 3 fully saturated rings. The highest BCUT2D eigenvalue weighted by Gasteiger charge is 2.74. The van der Waals surface area contributed by atoms with Crippen molar-refractivity contribution in [2.45, 2.75) is 81.1 Å². The van der Waals surface area contributed by atoms with Gasteiger partial charge >= 0.3 is 0 Å². The molecule has 2 N–H and O–H groups in total. The topological polar surface area (TPSA) is 94.9 Å². The van der Waals surface area contributed by atoms with E-state index in [0.29, 0.717) is 35.5 Å². The molecule has 6 aliphatic carbocycles. The Morgan fingerprint density at radius 1 is 0.896 bits per heavy atom. The lowest BCUT2D eigenvalue weighted by molar-refractivity contribution is -0.173. The zero-order chi connectivity index (χ0) is 33.6. The van der Waals surface area contributed by atoms with Crippen LogP contribution in [0.1, 0.15) is 74.0 Å². The highest BCUT2D eigenvalue weighted by atomic mass is 32.2. The number of aliphatic hydroxyl groups is 2. The molecule has 3 aromatic rings. The number of Topliss-reactive ketones (excluding diaryl/α,β-unsaturated/α-hetero) is 1. The van der Waals surface area contributed by atoms with Gasteiger partial charge in [-0.2, -0.15) is 4.31 Å². The maximum atomic E-state index is 14.7. The van der Waals surface area contributed by atoms with E-state index >= 15 is 0 Å². The summed E-state index contributed by atoms with van der Waals surface area (Å²) in [6, 6.07) is 17.0. The SMILES string of the molecule is C[C@]12CC[C@H]3[C@]4(C=C[C@@]5(C=C4C(=O)c4ccccc4)CC(O)CC[C@]35C)[C@@H]1CC[C@@]2(O)CN(CCc1cccs1)S(=O)(=O)c1cccs1. The van der Waals surface area contributed by atoms with E-state index in [0.717, 1.165) is 36.1 Å². The molecule has 1 aromatic carbocycles. The minimum absolute atomic E-state index is 0.0230. The normalized spacial score (nSPS) is 38.4. The predicted molar refractivity (Wildman–Crippen MR) is 190 cm³/mol. The Bertz CT molecular complexity index is 1870. The molecule has 0 aliphatic heterocycles. The van der Waals surface area contributed by atoms with Crippen molar-refractivity contribution in [3.8, 4) is 0 Å². The number of ketones is 1. The Morgan fingerprint density at radius 2 is 1.60 bits per heavy atom. The van der Waals surface area contributed by atoms with Crippen LogP contribution in [0.15, 0.2) is 93.4 Å². The quantitative estimate of drug-likeness (QED) is 0.178. The van der Waals surface area contributed by atoms with Crippen LogP contribution in [0.3, 0.4) is 0 Å². The Morgan fingerprint density at radius 3 is 2.33 bits per heavy atom. The average Bonchev–Trinajstić information content (AvgIpc) is 3.85. The number of benzene rings is 1. The van der Waals surface area contributed by atoms with Gasteiger partial charge in [0, 0.05) is 45.3 Å². The van der Waals surface area contributed by atoms with Crippen LogP contribution in [0.25, 0.3) is 0 Å². The van der Waals surface area contributed by atoms with E-state index in [1.54, 1.807) is 28.8 Å². The van der Waals surface area contributed by atoms with E-state index in [4.69, 9.17) is 0 Å². The summed E-state index contributed by atoms with van der Waals surface area (Å²) < 4.78 is 30.2. The molecule has 6 nitrogen and oxygen atoms in total. The first-order valence-electron chi connectivity index (χ1n) is 17.4. The first kappa shape index (κ1) is 32.8. The van der Waals surface area contributed by atoms with Gasteiger partial charge in [-0.1, -0.05) is 74.5 Å². The number of sulfonamides is 1. The third-order valence-corrected chi connectivity index (χ3v) is 17.9. The van der Waals surface area contributed by atoms with Gasteiger partial charge in [0.1, 0.15) is 4.21 Å². The number of nitrogens with zero attached hydrogens (tertiary/aromatic N) is 1. The number of allylic oxidation sites excluding steroid dienone is 4. The van der Waals surface area contributed by atoms with Crippen molar-refractivity contribution < 1.29 is 23.4 Å². The van der Waals surface area contributed by atoms with Gasteiger partial charge in [-0.3, -0.25) is 4.79 Å². The van der Waals surface area contributed by atoms with E-state index in [9.17, 15) is 23.4 Å². The second-order valence-corrected chi connectivity index (χ2v) is 19.8. The maximum Gasteiger partial charge on any atom is 0.252 e. The maximum absolute atomic E-state index is 14.7. The summed E-state index contributed by atoms with van der Waals surface area (Å²) >= 11 is 2.83. The Kier molecular flexibility index (Phi) is 7.72. The van der Waals surface area contributed by atoms with Crippen molar-refractivity contribution in [3.63, 3.8) is 0 Å². The van der Waals surface area contributed by atoms with E-state index in [-0.39, 0.29) is 36.1 Å². The number of thiophene rings is 2. The summed E-state index contributed by atoms with van der Waals surface area (Å²) in [4.78, 5) is 15.8. The van der Waals surface area contributed by atoms with Gasteiger partial charge in [0.25, 0.3) is 10.0 Å². The lowest BCUT2D eigenvalue weighted by atomic mass is 9.32. The predicted octanol–water partition coefficient (Wildman–Crippen LogP) is 7.52. The molecule has 9 heteroatoms. The minimum Gasteiger partial charge on any atom is -0.393 e. The number of hydrogen-bond acceptors (Lipinski definition) is 7. The van der Waals surface area contributed by atoms with Crippen molar-refractivity contribution in [3.05, 3.63) is 99.6 Å². The van der Waals surface area contributed by atoms with E-state index in [2.05, 4.69) is 32.1 Å². The molecule has 8 atom stereocenters. The van der Waals surface area contributed by atoms with Crippen LogP contribution < -0.4 is 0 Å². The van der Waals surface area contributed by atoms with Crippen LogP contribution in [-0.4, -0.2) is 53.5 Å². The number of fused-ring (bicyclic) bond motifs is 1. The molecule has 0 saturated heterocycles. The van der Waals surface area contributed by atoms with Gasteiger partial charge in [-0.05, 0) is 91.5 Å². The van der Waals surface area contributed by atoms with Crippen molar-refractivity contribution in [1.82, 2.24) is 4.31 Å². The van der Waals surface area contributed by atoms with E-state index in [1.165, 1.54) is 15.6 Å². The van der Waals surface area contributed by atoms with Crippen molar-refractivity contribution >= 4 is 38.5 Å². The van der Waals surface area contributed by atoms with Crippen LogP contribution in [0, 0.1) is 33.5 Å². The minimum atomic E-state index is -3.84. The molecular formula is C39H45NO5S3. The number of aliphatic hydroxyl groups excluding tert-OH is 1. The first-order chi connectivity index (χ1) is 22.9. The number of rotatable bonds is 9. The molecule has 0 amide bonds. The summed E-state index contributed by atoms with van der Waals surface area (Å²) in [6.45, 7) is 4.87. The van der Waals surface area contributed by atoms with Crippen molar-refractivity contribution in [1.29, 1.82) is 0 Å². The summed E-state index contributed by atoms with van der Waals surface area (Å²) in [5, 5.41) is 27.7. The monoisotopic (exact) mass is 703 g/mol. The van der Waals surface area contributed by atoms with Gasteiger partial charge in [0.05, 0.1) is 11.7 Å². The summed E-state index contributed by atoms with van der Waals surface area (Å²) in [7, 11) is -3.84. The zero-order valence-corrected chi connectivity index (χ0v) is 30.1. The van der Waals surface area contributed by atoms with Crippen molar-refractivity contribution in [2.75, 3.05) is 13.1 Å². The van der Waals surface area contributed by atoms with Crippen LogP contribution in [0.4, 0.5) is 0 Å². The zero-order valence-electron chi connectivity index (χ0n) is 27.7. The smallest absolute Gasteiger partial charge is 0.252 e. The molecule has 3 saturated carbocycles. The van der Waals surface area contributed by atoms with Gasteiger partial charge < -0.3 is 10.2 Å². The molecular weight excluding hydrogens is 659 g/mol. The summed E-state index contributed by atoms with van der Waals surface area (Å²) in [5.41, 5.74) is -1.54. The van der Waals surface area contributed by atoms with Gasteiger partial charge in [-0.25, -0.2) is 8.42 Å². The second-order valence-electron chi connectivity index (χ2n) is 15.6. The average molecular weight is 704 g/mol. The van der Waals surface area contributed by atoms with Gasteiger partial charge in [-0.15, -0.1) is 22.7 Å². The fraction of sp³-hybridized carbons (Fsp3) is 0.513. The lowest BCUT2D eigenvalue weighted by Gasteiger charge is -2.71. The summed E-state index contributed by atoms with van der Waals surface area (Å²) in [5.74, 6) is 0.166. The molecule has 2 bridgehead atoms. The number of carbonyl (C=O) groups excluding carboxylic acids is 1. The van der Waals surface area contributed by atoms with Crippen LogP contribution in [-0.2, 0) is 16.4 Å². The van der Waals surface area contributed by atoms with Crippen LogP contribution >= 0.6 is 22.7 Å². The van der Waals surface area contributed by atoms with E-state index < -0.39 is 38.0 Å². The Labute approximate surface area is 292 Å². The molecule has 9 rings (SSSR count).